The summed E-state index contributed by atoms with van der Waals surface area (Å²) in [4.78, 5) is 37.9. The van der Waals surface area contributed by atoms with Crippen LogP contribution in [0.3, 0.4) is 0 Å². The summed E-state index contributed by atoms with van der Waals surface area (Å²) in [5, 5.41) is 0. The van der Waals surface area contributed by atoms with Gasteiger partial charge in [-0.1, -0.05) is 0 Å². The third kappa shape index (κ3) is 5.23. The molecule has 3 rings (SSSR count). The number of cyclic esters (lactones) is 1. The van der Waals surface area contributed by atoms with Gasteiger partial charge in [0, 0.05) is 45.2 Å². The number of Topliss-reactive ketones (excluding diaryl/α,β-unsaturated/α-hetero) is 1. The Bertz CT molecular complexity index is 899. The normalized spacial score (nSPS) is 21.0. The van der Waals surface area contributed by atoms with E-state index in [2.05, 4.69) is 0 Å². The van der Waals surface area contributed by atoms with Crippen LogP contribution in [-0.4, -0.2) is 75.5 Å². The maximum atomic E-state index is 15.0. The van der Waals surface area contributed by atoms with Gasteiger partial charge in [0.1, 0.15) is 29.2 Å². The Morgan fingerprint density at radius 2 is 1.88 bits per heavy atom. The van der Waals surface area contributed by atoms with Crippen molar-refractivity contribution in [2.24, 2.45) is 11.5 Å². The number of ketones is 1. The number of methoxy groups -OCH3 is 1. The number of esters is 1. The van der Waals surface area contributed by atoms with Crippen LogP contribution in [0.2, 0.25) is 0 Å². The molecule has 0 spiro atoms. The maximum absolute atomic E-state index is 15.0. The fourth-order valence-corrected chi connectivity index (χ4v) is 4.11. The van der Waals surface area contributed by atoms with Crippen molar-refractivity contribution in [3.8, 4) is 0 Å². The molecule has 2 heterocycles. The van der Waals surface area contributed by atoms with Crippen LogP contribution in [0, 0.1) is 11.6 Å². The Morgan fingerprint density at radius 3 is 2.39 bits per heavy atom. The van der Waals surface area contributed by atoms with Crippen LogP contribution in [0.1, 0.15) is 19.8 Å². The molecule has 33 heavy (non-hydrogen) atoms. The van der Waals surface area contributed by atoms with Gasteiger partial charge in [-0.25, -0.2) is 13.6 Å². The van der Waals surface area contributed by atoms with Crippen molar-refractivity contribution in [1.82, 2.24) is 0 Å². The maximum Gasteiger partial charge on any atom is 0.414 e. The highest BCUT2D eigenvalue weighted by molar-refractivity contribution is 5.91. The van der Waals surface area contributed by atoms with Crippen LogP contribution in [0.5, 0.6) is 0 Å². The topological polar surface area (TPSA) is 137 Å². The van der Waals surface area contributed by atoms with Crippen molar-refractivity contribution < 1.29 is 37.4 Å². The number of hydrogen-bond donors (Lipinski definition) is 2. The zero-order valence-corrected chi connectivity index (χ0v) is 18.5. The quantitative estimate of drug-likeness (QED) is 0.526. The van der Waals surface area contributed by atoms with Crippen LogP contribution >= 0.6 is 0 Å². The van der Waals surface area contributed by atoms with Crippen molar-refractivity contribution in [3.63, 3.8) is 0 Å². The summed E-state index contributed by atoms with van der Waals surface area (Å²) in [6.45, 7) is 1.43. The van der Waals surface area contributed by atoms with Crippen LogP contribution in [0.15, 0.2) is 12.1 Å². The molecule has 4 N–H and O–H groups in total. The molecule has 2 aliphatic rings. The molecule has 1 unspecified atom stereocenters. The zero-order chi connectivity index (χ0) is 24.3. The molecule has 1 aromatic rings. The van der Waals surface area contributed by atoms with Gasteiger partial charge in [0.25, 0.3) is 0 Å². The summed E-state index contributed by atoms with van der Waals surface area (Å²) >= 11 is 0. The molecule has 0 aromatic heterocycles. The van der Waals surface area contributed by atoms with E-state index in [1.807, 2.05) is 0 Å². The van der Waals surface area contributed by atoms with Gasteiger partial charge in [0.15, 0.2) is 11.6 Å². The summed E-state index contributed by atoms with van der Waals surface area (Å²) in [6.07, 6.45) is -1.17. The molecule has 0 aliphatic carbocycles. The first-order valence-corrected chi connectivity index (χ1v) is 10.5. The van der Waals surface area contributed by atoms with Crippen molar-refractivity contribution in [2.45, 2.75) is 37.5 Å². The SMILES string of the molecule is COCC1(OC(=O)CN)CCN(c2c(F)cc(N3C[C@@H](C(N)C(C)=O)OC3=O)cc2F)CC1. The number of anilines is 2. The van der Waals surface area contributed by atoms with E-state index < -0.39 is 41.4 Å². The Morgan fingerprint density at radius 1 is 1.27 bits per heavy atom. The minimum absolute atomic E-state index is 0.0420. The van der Waals surface area contributed by atoms with Gasteiger partial charge < -0.3 is 30.6 Å². The number of ether oxygens (including phenoxy) is 3. The van der Waals surface area contributed by atoms with Crippen LogP contribution in [-0.2, 0) is 23.8 Å². The molecule has 182 valence electrons. The second-order valence-electron chi connectivity index (χ2n) is 8.21. The van der Waals surface area contributed by atoms with Gasteiger partial charge in [-0.3, -0.25) is 14.5 Å². The smallest absolute Gasteiger partial charge is 0.414 e. The standard InChI is InChI=1S/C21H28F2N4O6/c1-12(28)18(25)16-10-27(20(30)32-16)13-7-14(22)19(15(23)8-13)26-5-3-21(4-6-26,11-31-2)33-17(29)9-24/h7-8,16,18H,3-6,9-11,24-25H2,1-2H3/t16-,18?/m0/s1. The highest BCUT2D eigenvalue weighted by atomic mass is 19.1. The first-order valence-electron chi connectivity index (χ1n) is 10.5. The minimum Gasteiger partial charge on any atom is -0.456 e. The predicted molar refractivity (Wildman–Crippen MR) is 114 cm³/mol. The Balaban J connectivity index is 1.76. The number of benzene rings is 1. The summed E-state index contributed by atoms with van der Waals surface area (Å²) in [5.41, 5.74) is 9.85. The van der Waals surface area contributed by atoms with Gasteiger partial charge in [0.05, 0.1) is 25.4 Å². The lowest BCUT2D eigenvalue weighted by atomic mass is 9.91. The summed E-state index contributed by atoms with van der Waals surface area (Å²) in [7, 11) is 1.47. The van der Waals surface area contributed by atoms with E-state index in [0.717, 1.165) is 17.0 Å². The largest absolute Gasteiger partial charge is 0.456 e. The number of nitrogens with two attached hydrogens (primary N) is 2. The number of nitrogens with zero attached hydrogens (tertiary/aromatic N) is 2. The minimum atomic E-state index is -1.03. The third-order valence-corrected chi connectivity index (χ3v) is 5.91. The first-order chi connectivity index (χ1) is 15.6. The van der Waals surface area contributed by atoms with Gasteiger partial charge in [-0.15, -0.1) is 0 Å². The second-order valence-corrected chi connectivity index (χ2v) is 8.21. The van der Waals surface area contributed by atoms with Crippen molar-refractivity contribution in [2.75, 3.05) is 49.7 Å². The molecule has 2 aliphatic heterocycles. The van der Waals surface area contributed by atoms with E-state index in [1.54, 1.807) is 0 Å². The van der Waals surface area contributed by atoms with Gasteiger partial charge in [-0.05, 0) is 6.92 Å². The molecule has 1 aromatic carbocycles. The van der Waals surface area contributed by atoms with Crippen molar-refractivity contribution in [1.29, 1.82) is 0 Å². The summed E-state index contributed by atoms with van der Waals surface area (Å²) in [5.74, 6) is -2.68. The number of rotatable bonds is 8. The molecule has 0 saturated carbocycles. The molecule has 10 nitrogen and oxygen atoms in total. The fourth-order valence-electron chi connectivity index (χ4n) is 4.11. The molecule has 0 radical (unpaired) electrons. The van der Waals surface area contributed by atoms with Crippen LogP contribution < -0.4 is 21.3 Å². The number of hydrogen-bond acceptors (Lipinski definition) is 9. The van der Waals surface area contributed by atoms with Crippen molar-refractivity contribution in [3.05, 3.63) is 23.8 Å². The Kier molecular flexibility index (Phi) is 7.50. The number of amides is 1. The molecule has 12 heteroatoms. The van der Waals surface area contributed by atoms with E-state index >= 15 is 0 Å². The predicted octanol–water partition coefficient (Wildman–Crippen LogP) is 0.694. The molecule has 0 bridgehead atoms. The average molecular weight is 470 g/mol. The van der Waals surface area contributed by atoms with Crippen LogP contribution in [0.4, 0.5) is 25.0 Å². The van der Waals surface area contributed by atoms with E-state index in [4.69, 9.17) is 25.7 Å². The summed E-state index contributed by atoms with van der Waals surface area (Å²) < 4.78 is 45.7. The second kappa shape index (κ2) is 9.98. The Labute approximate surface area is 189 Å². The highest BCUT2D eigenvalue weighted by Crippen LogP contribution is 2.35. The molecular formula is C21H28F2N4O6. The average Bonchev–Trinajstić information content (AvgIpc) is 3.15. The number of halogens is 2. The van der Waals surface area contributed by atoms with E-state index in [0.29, 0.717) is 0 Å². The highest BCUT2D eigenvalue weighted by Gasteiger charge is 2.41. The van der Waals surface area contributed by atoms with Gasteiger partial charge >= 0.3 is 12.1 Å². The lowest BCUT2D eigenvalue weighted by Crippen LogP contribution is -2.51. The number of piperidine rings is 1. The van der Waals surface area contributed by atoms with E-state index in [9.17, 15) is 23.2 Å². The van der Waals surface area contributed by atoms with Gasteiger partial charge in [-0.2, -0.15) is 0 Å². The number of carbonyl (C=O) groups excluding carboxylic acids is 3. The van der Waals surface area contributed by atoms with Crippen LogP contribution in [0.25, 0.3) is 0 Å². The number of carbonyl (C=O) groups is 3. The monoisotopic (exact) mass is 470 g/mol. The third-order valence-electron chi connectivity index (χ3n) is 5.91. The first kappa shape index (κ1) is 24.8. The molecule has 2 atom stereocenters. The van der Waals surface area contributed by atoms with Crippen molar-refractivity contribution >= 4 is 29.2 Å². The lowest BCUT2D eigenvalue weighted by Gasteiger charge is -2.41. The van der Waals surface area contributed by atoms with E-state index in [1.165, 1.54) is 18.9 Å². The molecule has 2 fully saturated rings. The zero-order valence-electron chi connectivity index (χ0n) is 18.5. The molecule has 1 amide bonds. The van der Waals surface area contributed by atoms with Gasteiger partial charge in [0.2, 0.25) is 0 Å². The Hall–Kier alpha value is -2.83. The van der Waals surface area contributed by atoms with E-state index in [-0.39, 0.29) is 62.8 Å². The molecule has 2 saturated heterocycles. The fraction of sp³-hybridized carbons (Fsp3) is 0.571. The molecular weight excluding hydrogens is 442 g/mol. The lowest BCUT2D eigenvalue weighted by molar-refractivity contribution is -0.166. The summed E-state index contributed by atoms with van der Waals surface area (Å²) in [6, 6.07) is 1.04.